The predicted molar refractivity (Wildman–Crippen MR) is 41.9 cm³/mol. The summed E-state index contributed by atoms with van der Waals surface area (Å²) in [4.78, 5) is 10.6. The van der Waals surface area contributed by atoms with Crippen molar-refractivity contribution >= 4 is 18.9 Å². The number of phenolic OH excluding ortho intramolecular Hbond substituents is 1. The zero-order chi connectivity index (χ0) is 7.56. The smallest absolute Gasteiger partial charge is 1.00 e. The molecule has 0 bridgehead atoms. The molecule has 54 valence electrons. The minimum Gasteiger partial charge on any atom is -1.00 e. The second-order valence-electron chi connectivity index (χ2n) is 1.87. The quantitative estimate of drug-likeness (QED) is 0.315. The number of thiol groups is 1. The summed E-state index contributed by atoms with van der Waals surface area (Å²) in [6, 6.07) is 4.53. The van der Waals surface area contributed by atoms with E-state index < -0.39 is 0 Å². The van der Waals surface area contributed by atoms with E-state index in [1.54, 1.807) is 12.1 Å². The van der Waals surface area contributed by atoms with Gasteiger partial charge in [0.15, 0.2) is 0 Å². The van der Waals surface area contributed by atoms with Crippen molar-refractivity contribution in [1.82, 2.24) is 0 Å². The maximum Gasteiger partial charge on any atom is 1.00 e. The van der Waals surface area contributed by atoms with E-state index in [1.165, 1.54) is 6.07 Å². The Kier molecular flexibility index (Phi) is 4.84. The van der Waals surface area contributed by atoms with Crippen molar-refractivity contribution < 1.29 is 40.9 Å². The van der Waals surface area contributed by atoms with Gasteiger partial charge in [-0.3, -0.25) is 4.79 Å². The summed E-state index contributed by atoms with van der Waals surface area (Å²) < 4.78 is 0. The Bertz CT molecular complexity index is 268. The van der Waals surface area contributed by atoms with Crippen molar-refractivity contribution in [3.05, 3.63) is 23.8 Å². The number of hydrogen-bond acceptors (Lipinski definition) is 3. The zero-order valence-electron chi connectivity index (χ0n) is 7.11. The van der Waals surface area contributed by atoms with Crippen molar-refractivity contribution in [2.45, 2.75) is 4.90 Å². The number of rotatable bonds is 1. The van der Waals surface area contributed by atoms with E-state index in [9.17, 15) is 4.79 Å². The third-order valence-corrected chi connectivity index (χ3v) is 1.51. The summed E-state index contributed by atoms with van der Waals surface area (Å²) in [7, 11) is 0. The number of hydrogen-bond donors (Lipinski definition) is 2. The first-order chi connectivity index (χ1) is 4.74. The zero-order valence-corrected chi connectivity index (χ0v) is 9.01. The minimum atomic E-state index is 0. The monoisotopic (exact) mass is 178 g/mol. The number of aromatic hydroxyl groups is 1. The van der Waals surface area contributed by atoms with E-state index in [0.29, 0.717) is 16.7 Å². The van der Waals surface area contributed by atoms with Gasteiger partial charge in [0.05, 0.1) is 0 Å². The summed E-state index contributed by atoms with van der Waals surface area (Å²) in [6.07, 6.45) is 0.674. The Morgan fingerprint density at radius 3 is 2.64 bits per heavy atom. The second-order valence-corrected chi connectivity index (χ2v) is 2.35. The first kappa shape index (κ1) is 11.0. The fourth-order valence-electron chi connectivity index (χ4n) is 0.614. The third kappa shape index (κ3) is 2.87. The van der Waals surface area contributed by atoms with Crippen LogP contribution in [0.4, 0.5) is 0 Å². The van der Waals surface area contributed by atoms with Gasteiger partial charge in [0, 0.05) is 10.5 Å². The van der Waals surface area contributed by atoms with Crippen LogP contribution in [-0.4, -0.2) is 11.4 Å². The average Bonchev–Trinajstić information content (AvgIpc) is 1.95. The Morgan fingerprint density at radius 1 is 1.55 bits per heavy atom. The van der Waals surface area contributed by atoms with Gasteiger partial charge in [-0.15, -0.1) is 12.6 Å². The molecule has 0 radical (unpaired) electrons. The third-order valence-electron chi connectivity index (χ3n) is 1.14. The molecule has 1 rings (SSSR count). The standard InChI is InChI=1S/C7H6O2S.Na.H/c8-4-5-1-2-7(10)6(9)3-5;;/h1-4,9-10H;;/q;+1;-1. The number of phenols is 1. The molecule has 0 aliphatic heterocycles. The Hall–Kier alpha value is 0.0400. The number of benzene rings is 1. The summed E-state index contributed by atoms with van der Waals surface area (Å²) in [5, 5.41) is 9.00. The first-order valence-corrected chi connectivity index (χ1v) is 3.16. The van der Waals surface area contributed by atoms with Crippen LogP contribution in [0.2, 0.25) is 0 Å². The van der Waals surface area contributed by atoms with E-state index in [1.807, 2.05) is 0 Å². The largest absolute Gasteiger partial charge is 1.00 e. The molecule has 4 heteroatoms. The molecule has 0 unspecified atom stereocenters. The molecule has 0 spiro atoms. The molecule has 0 saturated carbocycles. The molecule has 0 aromatic heterocycles. The molecule has 0 atom stereocenters. The van der Waals surface area contributed by atoms with Crippen LogP contribution >= 0.6 is 12.6 Å². The van der Waals surface area contributed by atoms with Crippen LogP contribution in [0.3, 0.4) is 0 Å². The number of carbonyl (C=O) groups excluding carboxylic acids is 1. The van der Waals surface area contributed by atoms with Crippen LogP contribution in [0.25, 0.3) is 0 Å². The summed E-state index contributed by atoms with van der Waals surface area (Å²) >= 11 is 3.92. The average molecular weight is 178 g/mol. The molecule has 1 aromatic carbocycles. The van der Waals surface area contributed by atoms with Crippen LogP contribution < -0.4 is 29.6 Å². The fourth-order valence-corrected chi connectivity index (χ4v) is 0.753. The van der Waals surface area contributed by atoms with Crippen LogP contribution in [0.15, 0.2) is 23.1 Å². The van der Waals surface area contributed by atoms with E-state index >= 15 is 0 Å². The topological polar surface area (TPSA) is 37.3 Å². The Morgan fingerprint density at radius 2 is 2.18 bits per heavy atom. The molecule has 1 aromatic rings. The maximum atomic E-state index is 10.1. The van der Waals surface area contributed by atoms with E-state index in [4.69, 9.17) is 5.11 Å². The molecule has 0 fully saturated rings. The van der Waals surface area contributed by atoms with Crippen molar-refractivity contribution in [1.29, 1.82) is 0 Å². The van der Waals surface area contributed by atoms with Crippen molar-refractivity contribution in [2.75, 3.05) is 0 Å². The van der Waals surface area contributed by atoms with Crippen LogP contribution in [-0.2, 0) is 0 Å². The molecule has 0 aliphatic rings. The van der Waals surface area contributed by atoms with Crippen molar-refractivity contribution in [3.63, 3.8) is 0 Å². The molecule has 11 heavy (non-hydrogen) atoms. The Labute approximate surface area is 93.8 Å². The number of carbonyl (C=O) groups is 1. The molecule has 1 N–H and O–H groups in total. The number of aldehydes is 1. The predicted octanol–water partition coefficient (Wildman–Crippen LogP) is -1.39. The molecule has 2 nitrogen and oxygen atoms in total. The van der Waals surface area contributed by atoms with Gasteiger partial charge in [0.25, 0.3) is 0 Å². The van der Waals surface area contributed by atoms with Crippen LogP contribution in [0.1, 0.15) is 11.8 Å². The molecular formula is C7H7NaO2S. The molecular weight excluding hydrogens is 171 g/mol. The first-order valence-electron chi connectivity index (χ1n) is 2.71. The van der Waals surface area contributed by atoms with Gasteiger partial charge in [-0.1, -0.05) is 6.07 Å². The van der Waals surface area contributed by atoms with Gasteiger partial charge in [0.2, 0.25) is 0 Å². The molecule has 0 saturated heterocycles. The van der Waals surface area contributed by atoms with Gasteiger partial charge in [-0.25, -0.2) is 0 Å². The van der Waals surface area contributed by atoms with Gasteiger partial charge < -0.3 is 6.53 Å². The van der Waals surface area contributed by atoms with Gasteiger partial charge in [0.1, 0.15) is 12.0 Å². The molecule has 0 aliphatic carbocycles. The van der Waals surface area contributed by atoms with Gasteiger partial charge >= 0.3 is 29.6 Å². The molecule has 0 heterocycles. The van der Waals surface area contributed by atoms with E-state index in [-0.39, 0.29) is 36.7 Å². The van der Waals surface area contributed by atoms with E-state index in [0.717, 1.165) is 0 Å². The normalized spacial score (nSPS) is 8.45. The van der Waals surface area contributed by atoms with E-state index in [2.05, 4.69) is 12.6 Å². The van der Waals surface area contributed by atoms with Gasteiger partial charge in [-0.2, -0.15) is 0 Å². The SMILES string of the molecule is O=Cc1ccc(S)c(O)c1.[H-].[Na+]. The fraction of sp³-hybridized carbons (Fsp3) is 0. The van der Waals surface area contributed by atoms with Crippen LogP contribution in [0.5, 0.6) is 5.75 Å². The van der Waals surface area contributed by atoms with Crippen LogP contribution in [0, 0.1) is 0 Å². The van der Waals surface area contributed by atoms with Crippen molar-refractivity contribution in [3.8, 4) is 5.75 Å². The maximum absolute atomic E-state index is 10.1. The molecule has 0 amide bonds. The summed E-state index contributed by atoms with van der Waals surface area (Å²) in [5.41, 5.74) is 0.454. The summed E-state index contributed by atoms with van der Waals surface area (Å²) in [5.74, 6) is 0.0351. The minimum absolute atomic E-state index is 0. The second kappa shape index (κ2) is 4.83. The van der Waals surface area contributed by atoms with Crippen molar-refractivity contribution in [2.24, 2.45) is 0 Å². The van der Waals surface area contributed by atoms with Gasteiger partial charge in [-0.05, 0) is 12.1 Å². The summed E-state index contributed by atoms with van der Waals surface area (Å²) in [6.45, 7) is 0. The Balaban J connectivity index is 0.